The molecule has 0 radical (unpaired) electrons. The van der Waals surface area contributed by atoms with Crippen LogP contribution in [0.15, 0.2) is 57.7 Å². The monoisotopic (exact) mass is 536 g/mol. The number of methoxy groups -OCH3 is 2. The Morgan fingerprint density at radius 1 is 1.03 bits per heavy atom. The summed E-state index contributed by atoms with van der Waals surface area (Å²) in [6, 6.07) is 14.3. The fourth-order valence-corrected chi connectivity index (χ4v) is 4.86. The normalized spacial score (nSPS) is 14.5. The number of carbonyl (C=O) groups is 1. The molecule has 208 valence electrons. The van der Waals surface area contributed by atoms with Crippen LogP contribution < -0.4 is 25.4 Å². The molecule has 3 N–H and O–H groups in total. The van der Waals surface area contributed by atoms with Gasteiger partial charge in [-0.05, 0) is 61.3 Å². The first-order valence-electron chi connectivity index (χ1n) is 13.2. The zero-order chi connectivity index (χ0) is 27.8. The Hall–Kier alpha value is -3.98. The lowest BCUT2D eigenvalue weighted by Gasteiger charge is -2.26. The molecule has 2 heterocycles. The summed E-state index contributed by atoms with van der Waals surface area (Å²) in [4.78, 5) is 26.9. The average Bonchev–Trinajstić information content (AvgIpc) is 2.94. The third-order valence-electron chi connectivity index (χ3n) is 6.95. The Labute approximate surface area is 228 Å². The predicted octanol–water partition coefficient (Wildman–Crippen LogP) is 3.98. The number of carbonyl (C=O) groups excluding carboxylic acids is 1. The zero-order valence-electron chi connectivity index (χ0n) is 22.5. The van der Waals surface area contributed by atoms with Gasteiger partial charge in [-0.2, -0.15) is 0 Å². The number of piperidine rings is 1. The lowest BCUT2D eigenvalue weighted by Crippen LogP contribution is -2.29. The van der Waals surface area contributed by atoms with Gasteiger partial charge in [0, 0.05) is 18.9 Å². The summed E-state index contributed by atoms with van der Waals surface area (Å²) in [6.45, 7) is 2.71. The molecule has 1 fully saturated rings. The van der Waals surface area contributed by atoms with Gasteiger partial charge in [0.25, 0.3) is 0 Å². The van der Waals surface area contributed by atoms with E-state index in [9.17, 15) is 14.7 Å². The molecular weight excluding hydrogens is 500 g/mol. The van der Waals surface area contributed by atoms with E-state index < -0.39 is 23.0 Å². The summed E-state index contributed by atoms with van der Waals surface area (Å²) in [5.41, 5.74) is 6.72. The first-order chi connectivity index (χ1) is 18.9. The first-order valence-corrected chi connectivity index (χ1v) is 13.2. The molecule has 1 atom stereocenters. The standard InChI is InChI=1S/C30H36N2O7/c1-36-22-9-6-20(7-10-22)12-15-38-26-11-8-21(16-27(26)37-2)24(18-28(31)34)30-29(35)25(33)17-23(39-30)19-32-13-4-3-5-14-32/h6-11,16-17,24,35H,3-5,12-15,18-19H2,1-2H3,(H2,31,34)/t24-/m0/s1. The van der Waals surface area contributed by atoms with Gasteiger partial charge in [0.1, 0.15) is 11.5 Å². The number of aromatic hydroxyl groups is 1. The Bertz CT molecular complexity index is 1310. The minimum Gasteiger partial charge on any atom is -0.502 e. The van der Waals surface area contributed by atoms with E-state index in [2.05, 4.69) is 4.90 Å². The van der Waals surface area contributed by atoms with E-state index in [-0.39, 0.29) is 12.2 Å². The van der Waals surface area contributed by atoms with Crippen LogP contribution >= 0.6 is 0 Å². The highest BCUT2D eigenvalue weighted by atomic mass is 16.5. The second-order valence-corrected chi connectivity index (χ2v) is 9.71. The van der Waals surface area contributed by atoms with Gasteiger partial charge in [-0.3, -0.25) is 14.5 Å². The van der Waals surface area contributed by atoms with E-state index in [1.165, 1.54) is 19.6 Å². The Morgan fingerprint density at radius 2 is 1.77 bits per heavy atom. The van der Waals surface area contributed by atoms with Gasteiger partial charge in [0.2, 0.25) is 17.1 Å². The van der Waals surface area contributed by atoms with Crippen LogP contribution in [-0.4, -0.2) is 49.8 Å². The lowest BCUT2D eigenvalue weighted by atomic mass is 9.91. The number of ether oxygens (including phenoxy) is 3. The maximum atomic E-state index is 12.7. The van der Waals surface area contributed by atoms with Gasteiger partial charge < -0.3 is 29.5 Å². The highest BCUT2D eigenvalue weighted by molar-refractivity contribution is 5.75. The van der Waals surface area contributed by atoms with E-state index in [4.69, 9.17) is 24.4 Å². The number of amides is 1. The molecule has 0 spiro atoms. The molecule has 1 amide bonds. The molecule has 1 aliphatic rings. The number of nitrogens with two attached hydrogens (primary N) is 1. The number of benzene rings is 2. The van der Waals surface area contributed by atoms with Crippen molar-refractivity contribution in [1.82, 2.24) is 4.90 Å². The SMILES string of the molecule is COc1ccc(CCOc2ccc([C@H](CC(N)=O)c3oc(CN4CCCCC4)cc(=O)c3O)cc2OC)cc1. The quantitative estimate of drug-likeness (QED) is 0.356. The molecule has 4 rings (SSSR count). The number of rotatable bonds is 12. The maximum Gasteiger partial charge on any atom is 0.227 e. The minimum absolute atomic E-state index is 0.0172. The van der Waals surface area contributed by atoms with Crippen molar-refractivity contribution >= 4 is 5.91 Å². The van der Waals surface area contributed by atoms with E-state index >= 15 is 0 Å². The van der Waals surface area contributed by atoms with Crippen LogP contribution in [0.2, 0.25) is 0 Å². The Kier molecular flexibility index (Phi) is 9.49. The number of likely N-dealkylation sites (tertiary alicyclic amines) is 1. The summed E-state index contributed by atoms with van der Waals surface area (Å²) >= 11 is 0. The van der Waals surface area contributed by atoms with Crippen LogP contribution in [0.4, 0.5) is 0 Å². The highest BCUT2D eigenvalue weighted by Crippen LogP contribution is 2.38. The molecule has 39 heavy (non-hydrogen) atoms. The Morgan fingerprint density at radius 3 is 2.44 bits per heavy atom. The smallest absolute Gasteiger partial charge is 0.227 e. The maximum absolute atomic E-state index is 12.7. The summed E-state index contributed by atoms with van der Waals surface area (Å²) < 4.78 is 22.8. The third kappa shape index (κ3) is 7.32. The van der Waals surface area contributed by atoms with Crippen LogP contribution in [0.3, 0.4) is 0 Å². The molecule has 1 aromatic heterocycles. The molecular formula is C30H36N2O7. The van der Waals surface area contributed by atoms with Crippen LogP contribution in [0.1, 0.15) is 54.2 Å². The van der Waals surface area contributed by atoms with Crippen molar-refractivity contribution in [2.45, 2.75) is 44.6 Å². The molecule has 1 saturated heterocycles. The van der Waals surface area contributed by atoms with Gasteiger partial charge >= 0.3 is 0 Å². The fourth-order valence-electron chi connectivity index (χ4n) is 4.86. The first kappa shape index (κ1) is 28.0. The minimum atomic E-state index is -0.779. The van der Waals surface area contributed by atoms with Crippen molar-refractivity contribution in [2.75, 3.05) is 33.9 Å². The van der Waals surface area contributed by atoms with E-state index in [1.807, 2.05) is 24.3 Å². The van der Waals surface area contributed by atoms with E-state index in [0.29, 0.717) is 42.4 Å². The van der Waals surface area contributed by atoms with Crippen molar-refractivity contribution in [3.8, 4) is 23.0 Å². The molecule has 2 aromatic carbocycles. The van der Waals surface area contributed by atoms with E-state index in [0.717, 1.165) is 37.2 Å². The molecule has 1 aliphatic heterocycles. The molecule has 0 aliphatic carbocycles. The molecule has 0 saturated carbocycles. The molecule has 9 heteroatoms. The van der Waals surface area contributed by atoms with E-state index in [1.54, 1.807) is 25.3 Å². The number of hydrogen-bond acceptors (Lipinski definition) is 8. The van der Waals surface area contributed by atoms with Crippen molar-refractivity contribution in [3.63, 3.8) is 0 Å². The second-order valence-electron chi connectivity index (χ2n) is 9.71. The topological polar surface area (TPSA) is 124 Å². The third-order valence-corrected chi connectivity index (χ3v) is 6.95. The van der Waals surface area contributed by atoms with Crippen molar-refractivity contribution < 1.29 is 28.5 Å². The number of primary amides is 1. The van der Waals surface area contributed by atoms with Gasteiger partial charge in [-0.25, -0.2) is 0 Å². The average molecular weight is 537 g/mol. The highest BCUT2D eigenvalue weighted by Gasteiger charge is 2.27. The van der Waals surface area contributed by atoms with Crippen LogP contribution in [0.25, 0.3) is 0 Å². The van der Waals surface area contributed by atoms with Crippen LogP contribution in [0.5, 0.6) is 23.0 Å². The van der Waals surface area contributed by atoms with Crippen LogP contribution in [-0.2, 0) is 17.8 Å². The fraction of sp³-hybridized carbons (Fsp3) is 0.400. The van der Waals surface area contributed by atoms with Crippen LogP contribution in [0, 0.1) is 0 Å². The molecule has 0 bridgehead atoms. The zero-order valence-corrected chi connectivity index (χ0v) is 22.5. The second kappa shape index (κ2) is 13.2. The molecule has 9 nitrogen and oxygen atoms in total. The Balaban J connectivity index is 1.56. The summed E-state index contributed by atoms with van der Waals surface area (Å²) in [7, 11) is 3.15. The van der Waals surface area contributed by atoms with Crippen molar-refractivity contribution in [2.24, 2.45) is 5.73 Å². The number of nitrogens with zero attached hydrogens (tertiary/aromatic N) is 1. The largest absolute Gasteiger partial charge is 0.502 e. The van der Waals surface area contributed by atoms with Gasteiger partial charge in [-0.1, -0.05) is 24.6 Å². The van der Waals surface area contributed by atoms with Gasteiger partial charge in [-0.15, -0.1) is 0 Å². The van der Waals surface area contributed by atoms with Crippen molar-refractivity contribution in [3.05, 3.63) is 81.4 Å². The summed E-state index contributed by atoms with van der Waals surface area (Å²) in [5.74, 6) is 0.322. The van der Waals surface area contributed by atoms with Gasteiger partial charge in [0.05, 0.1) is 33.3 Å². The number of hydrogen-bond donors (Lipinski definition) is 2. The molecule has 0 unspecified atom stereocenters. The molecule has 3 aromatic rings. The summed E-state index contributed by atoms with van der Waals surface area (Å²) in [5, 5.41) is 10.7. The van der Waals surface area contributed by atoms with Crippen molar-refractivity contribution in [1.29, 1.82) is 0 Å². The van der Waals surface area contributed by atoms with Gasteiger partial charge in [0.15, 0.2) is 17.3 Å². The summed E-state index contributed by atoms with van der Waals surface area (Å²) in [6.07, 6.45) is 3.89. The lowest BCUT2D eigenvalue weighted by molar-refractivity contribution is -0.118. The predicted molar refractivity (Wildman–Crippen MR) is 147 cm³/mol.